The van der Waals surface area contributed by atoms with E-state index in [1.807, 2.05) is 0 Å². The van der Waals surface area contributed by atoms with Crippen LogP contribution in [-0.2, 0) is 6.54 Å². The van der Waals surface area contributed by atoms with E-state index in [1.54, 1.807) is 24.3 Å². The van der Waals surface area contributed by atoms with Gasteiger partial charge in [-0.2, -0.15) is 0 Å². The smallest absolute Gasteiger partial charge is 0.132 e. The van der Waals surface area contributed by atoms with E-state index in [1.165, 1.54) is 6.07 Å². The molecule has 4 heteroatoms. The van der Waals surface area contributed by atoms with E-state index >= 15 is 0 Å². The lowest BCUT2D eigenvalue weighted by atomic mass is 10.00. The maximum Gasteiger partial charge on any atom is 0.132 e. The van der Waals surface area contributed by atoms with Crippen molar-refractivity contribution in [1.29, 1.82) is 0 Å². The molecule has 0 aliphatic rings. The summed E-state index contributed by atoms with van der Waals surface area (Å²) in [5.41, 5.74) is 6.98. The monoisotopic (exact) mass is 249 g/mol. The molecular formula is C14H13F2NO. The third-order valence-corrected chi connectivity index (χ3v) is 2.79. The summed E-state index contributed by atoms with van der Waals surface area (Å²) in [6.45, 7) is 0.404. The summed E-state index contributed by atoms with van der Waals surface area (Å²) in [5, 5.41) is 10.0. The van der Waals surface area contributed by atoms with Gasteiger partial charge in [-0.05, 0) is 17.2 Å². The Balaban J connectivity index is 2.31. The first kappa shape index (κ1) is 12.7. The molecule has 0 aliphatic carbocycles. The first-order valence-corrected chi connectivity index (χ1v) is 5.53. The van der Waals surface area contributed by atoms with Crippen LogP contribution in [0.15, 0.2) is 42.5 Å². The second kappa shape index (κ2) is 5.25. The van der Waals surface area contributed by atoms with Crippen LogP contribution in [0.1, 0.15) is 22.8 Å². The number of hydrogen-bond donors (Lipinski definition) is 2. The van der Waals surface area contributed by atoms with Crippen LogP contribution in [-0.4, -0.2) is 5.11 Å². The van der Waals surface area contributed by atoms with Crippen molar-refractivity contribution in [3.05, 3.63) is 70.8 Å². The number of aliphatic hydroxyl groups excluding tert-OH is 1. The normalized spacial score (nSPS) is 12.4. The van der Waals surface area contributed by atoms with Gasteiger partial charge >= 0.3 is 0 Å². The van der Waals surface area contributed by atoms with Crippen LogP contribution in [0.4, 0.5) is 8.78 Å². The van der Waals surface area contributed by atoms with Gasteiger partial charge in [-0.3, -0.25) is 0 Å². The number of aliphatic hydroxyl groups is 1. The quantitative estimate of drug-likeness (QED) is 0.878. The Kier molecular flexibility index (Phi) is 3.69. The van der Waals surface area contributed by atoms with E-state index in [2.05, 4.69) is 0 Å². The Bertz CT molecular complexity index is 540. The van der Waals surface area contributed by atoms with Gasteiger partial charge in [-0.15, -0.1) is 0 Å². The summed E-state index contributed by atoms with van der Waals surface area (Å²) in [6, 6.07) is 10.0. The third kappa shape index (κ3) is 2.55. The molecule has 2 aromatic rings. The van der Waals surface area contributed by atoms with Crippen molar-refractivity contribution >= 4 is 0 Å². The highest BCUT2D eigenvalue weighted by atomic mass is 19.1. The van der Waals surface area contributed by atoms with Crippen LogP contribution in [0.2, 0.25) is 0 Å². The minimum atomic E-state index is -1.11. The predicted octanol–water partition coefficient (Wildman–Crippen LogP) is 2.51. The fourth-order valence-corrected chi connectivity index (χ4v) is 1.74. The molecule has 1 atom stereocenters. The molecule has 0 saturated carbocycles. The summed E-state index contributed by atoms with van der Waals surface area (Å²) in [5.74, 6) is -1.42. The van der Waals surface area contributed by atoms with Gasteiger partial charge in [-0.25, -0.2) is 8.78 Å². The molecule has 0 amide bonds. The minimum absolute atomic E-state index is 0.0527. The lowest BCUT2D eigenvalue weighted by Crippen LogP contribution is -2.04. The molecule has 0 aliphatic heterocycles. The van der Waals surface area contributed by atoms with E-state index in [4.69, 9.17) is 5.73 Å². The van der Waals surface area contributed by atoms with Crippen molar-refractivity contribution in [3.63, 3.8) is 0 Å². The van der Waals surface area contributed by atoms with Gasteiger partial charge in [-0.1, -0.05) is 30.3 Å². The van der Waals surface area contributed by atoms with Gasteiger partial charge in [0, 0.05) is 18.2 Å². The van der Waals surface area contributed by atoms with Crippen LogP contribution < -0.4 is 5.73 Å². The summed E-state index contributed by atoms with van der Waals surface area (Å²) < 4.78 is 26.3. The maximum absolute atomic E-state index is 13.5. The van der Waals surface area contributed by atoms with Crippen LogP contribution in [0, 0.1) is 11.6 Å². The molecule has 2 aromatic carbocycles. The lowest BCUT2D eigenvalue weighted by Gasteiger charge is -2.12. The molecule has 1 unspecified atom stereocenters. The summed E-state index contributed by atoms with van der Waals surface area (Å²) >= 11 is 0. The van der Waals surface area contributed by atoms with Crippen molar-refractivity contribution in [2.75, 3.05) is 0 Å². The molecule has 0 bridgehead atoms. The molecule has 18 heavy (non-hydrogen) atoms. The fourth-order valence-electron chi connectivity index (χ4n) is 1.74. The van der Waals surface area contributed by atoms with Gasteiger partial charge in [0.05, 0.1) is 0 Å². The van der Waals surface area contributed by atoms with Gasteiger partial charge in [0.2, 0.25) is 0 Å². The van der Waals surface area contributed by atoms with E-state index in [0.717, 1.165) is 17.7 Å². The molecule has 0 radical (unpaired) electrons. The number of rotatable bonds is 3. The molecule has 0 fully saturated rings. The molecular weight excluding hydrogens is 236 g/mol. The highest BCUT2D eigenvalue weighted by Crippen LogP contribution is 2.25. The van der Waals surface area contributed by atoms with Gasteiger partial charge < -0.3 is 10.8 Å². The van der Waals surface area contributed by atoms with Crippen LogP contribution in [0.3, 0.4) is 0 Å². The van der Waals surface area contributed by atoms with E-state index in [-0.39, 0.29) is 5.56 Å². The van der Waals surface area contributed by atoms with Gasteiger partial charge in [0.25, 0.3) is 0 Å². The van der Waals surface area contributed by atoms with Crippen molar-refractivity contribution in [3.8, 4) is 0 Å². The van der Waals surface area contributed by atoms with Gasteiger partial charge in [0.1, 0.15) is 17.7 Å². The number of nitrogens with two attached hydrogens (primary N) is 1. The highest BCUT2D eigenvalue weighted by molar-refractivity contribution is 5.32. The van der Waals surface area contributed by atoms with Crippen LogP contribution >= 0.6 is 0 Å². The lowest BCUT2D eigenvalue weighted by molar-refractivity contribution is 0.214. The average Bonchev–Trinajstić information content (AvgIpc) is 2.38. The molecule has 0 aromatic heterocycles. The van der Waals surface area contributed by atoms with Crippen molar-refractivity contribution < 1.29 is 13.9 Å². The van der Waals surface area contributed by atoms with E-state index in [0.29, 0.717) is 12.1 Å². The van der Waals surface area contributed by atoms with E-state index < -0.39 is 17.7 Å². The zero-order valence-electron chi connectivity index (χ0n) is 9.61. The molecule has 0 spiro atoms. The second-order valence-corrected chi connectivity index (χ2v) is 4.01. The average molecular weight is 249 g/mol. The Morgan fingerprint density at radius 3 is 2.28 bits per heavy atom. The third-order valence-electron chi connectivity index (χ3n) is 2.79. The maximum atomic E-state index is 13.5. The summed E-state index contributed by atoms with van der Waals surface area (Å²) in [7, 11) is 0. The fraction of sp³-hybridized carbons (Fsp3) is 0.143. The molecule has 0 heterocycles. The number of hydrogen-bond acceptors (Lipinski definition) is 2. The highest BCUT2D eigenvalue weighted by Gasteiger charge is 2.15. The zero-order valence-corrected chi connectivity index (χ0v) is 9.61. The van der Waals surface area contributed by atoms with Crippen molar-refractivity contribution in [1.82, 2.24) is 0 Å². The SMILES string of the molecule is NCc1ccc(C(O)c2ccc(F)cc2F)cc1. The topological polar surface area (TPSA) is 46.2 Å². The van der Waals surface area contributed by atoms with Gasteiger partial charge in [0.15, 0.2) is 0 Å². The van der Waals surface area contributed by atoms with Crippen molar-refractivity contribution in [2.45, 2.75) is 12.6 Å². The molecule has 3 N–H and O–H groups in total. The molecule has 2 nitrogen and oxygen atoms in total. The molecule has 2 rings (SSSR count). The Labute approximate surface area is 104 Å². The first-order valence-electron chi connectivity index (χ1n) is 5.53. The van der Waals surface area contributed by atoms with Crippen LogP contribution in [0.25, 0.3) is 0 Å². The predicted molar refractivity (Wildman–Crippen MR) is 64.8 cm³/mol. The Morgan fingerprint density at radius 1 is 1.06 bits per heavy atom. The standard InChI is InChI=1S/C14H13F2NO/c15-11-5-6-12(13(16)7-11)14(18)10-3-1-9(8-17)2-4-10/h1-7,14,18H,8,17H2. The molecule has 94 valence electrons. The zero-order chi connectivity index (χ0) is 13.1. The summed E-state index contributed by atoms with van der Waals surface area (Å²) in [6.07, 6.45) is -1.11. The summed E-state index contributed by atoms with van der Waals surface area (Å²) in [4.78, 5) is 0. The second-order valence-electron chi connectivity index (χ2n) is 4.01. The first-order chi connectivity index (χ1) is 8.61. The minimum Gasteiger partial charge on any atom is -0.384 e. The van der Waals surface area contributed by atoms with E-state index in [9.17, 15) is 13.9 Å². The number of benzene rings is 2. The van der Waals surface area contributed by atoms with Crippen LogP contribution in [0.5, 0.6) is 0 Å². The molecule has 0 saturated heterocycles. The van der Waals surface area contributed by atoms with Crippen molar-refractivity contribution in [2.24, 2.45) is 5.73 Å². The number of halogens is 2. The largest absolute Gasteiger partial charge is 0.384 e. The Hall–Kier alpha value is -1.78. The Morgan fingerprint density at radius 2 is 1.72 bits per heavy atom.